The summed E-state index contributed by atoms with van der Waals surface area (Å²) in [5, 5.41) is 6.49. The summed E-state index contributed by atoms with van der Waals surface area (Å²) >= 11 is 0. The Morgan fingerprint density at radius 1 is 1.41 bits per heavy atom. The van der Waals surface area contributed by atoms with Gasteiger partial charge in [-0.25, -0.2) is 0 Å². The molecule has 0 spiro atoms. The predicted octanol–water partition coefficient (Wildman–Crippen LogP) is 2.21. The average molecular weight is 263 g/mol. The van der Waals surface area contributed by atoms with Crippen molar-refractivity contribution >= 4 is 18.3 Å². The summed E-state index contributed by atoms with van der Waals surface area (Å²) < 4.78 is 0. The van der Waals surface area contributed by atoms with Gasteiger partial charge in [0.15, 0.2) is 0 Å². The molecular formula is C13H27ClN2O. The van der Waals surface area contributed by atoms with Gasteiger partial charge >= 0.3 is 0 Å². The number of hydrogen-bond donors (Lipinski definition) is 2. The summed E-state index contributed by atoms with van der Waals surface area (Å²) in [5.41, 5.74) is 0.241. The van der Waals surface area contributed by atoms with E-state index in [4.69, 9.17) is 0 Å². The van der Waals surface area contributed by atoms with Crippen LogP contribution in [-0.2, 0) is 4.79 Å². The number of amides is 1. The average Bonchev–Trinajstić information content (AvgIpc) is 2.26. The van der Waals surface area contributed by atoms with Crippen LogP contribution in [0.5, 0.6) is 0 Å². The first-order valence-corrected chi connectivity index (χ1v) is 6.43. The Labute approximate surface area is 112 Å². The van der Waals surface area contributed by atoms with E-state index in [-0.39, 0.29) is 29.6 Å². The summed E-state index contributed by atoms with van der Waals surface area (Å²) in [6.45, 7) is 11.4. The number of carbonyl (C=O) groups excluding carboxylic acids is 1. The highest BCUT2D eigenvalue weighted by molar-refractivity contribution is 5.85. The lowest BCUT2D eigenvalue weighted by Crippen LogP contribution is -2.47. The van der Waals surface area contributed by atoms with Crippen LogP contribution >= 0.6 is 12.4 Å². The van der Waals surface area contributed by atoms with E-state index in [0.717, 1.165) is 19.6 Å². The summed E-state index contributed by atoms with van der Waals surface area (Å²) in [5.74, 6) is 0.722. The second kappa shape index (κ2) is 7.22. The van der Waals surface area contributed by atoms with E-state index in [2.05, 4.69) is 31.4 Å². The first-order valence-electron chi connectivity index (χ1n) is 6.43. The molecule has 17 heavy (non-hydrogen) atoms. The van der Waals surface area contributed by atoms with E-state index in [0.29, 0.717) is 5.92 Å². The molecule has 1 aliphatic rings. The van der Waals surface area contributed by atoms with Crippen LogP contribution in [0.1, 0.15) is 40.5 Å². The molecule has 3 nitrogen and oxygen atoms in total. The number of hydrogen-bond acceptors (Lipinski definition) is 2. The third-order valence-electron chi connectivity index (χ3n) is 3.79. The van der Waals surface area contributed by atoms with Crippen molar-refractivity contribution in [2.24, 2.45) is 17.3 Å². The molecule has 1 saturated heterocycles. The lowest BCUT2D eigenvalue weighted by molar-refractivity contribution is -0.126. The molecular weight excluding hydrogens is 236 g/mol. The maximum atomic E-state index is 11.8. The zero-order valence-electron chi connectivity index (χ0n) is 11.5. The van der Waals surface area contributed by atoms with Crippen LogP contribution in [0.3, 0.4) is 0 Å². The molecule has 1 fully saturated rings. The molecule has 4 heteroatoms. The largest absolute Gasteiger partial charge is 0.355 e. The van der Waals surface area contributed by atoms with Gasteiger partial charge in [-0.15, -0.1) is 12.4 Å². The van der Waals surface area contributed by atoms with Gasteiger partial charge in [-0.2, -0.15) is 0 Å². The van der Waals surface area contributed by atoms with Crippen LogP contribution in [-0.4, -0.2) is 25.5 Å². The second-order valence-electron chi connectivity index (χ2n) is 5.84. The van der Waals surface area contributed by atoms with E-state index in [1.165, 1.54) is 12.8 Å². The van der Waals surface area contributed by atoms with Gasteiger partial charge in [0.2, 0.25) is 5.91 Å². The van der Waals surface area contributed by atoms with Crippen molar-refractivity contribution in [3.05, 3.63) is 0 Å². The van der Waals surface area contributed by atoms with Crippen LogP contribution in [0.25, 0.3) is 0 Å². The van der Waals surface area contributed by atoms with Gasteiger partial charge < -0.3 is 10.6 Å². The van der Waals surface area contributed by atoms with Crippen molar-refractivity contribution in [3.63, 3.8) is 0 Å². The fourth-order valence-corrected chi connectivity index (χ4v) is 2.03. The first kappa shape index (κ1) is 16.7. The van der Waals surface area contributed by atoms with Gasteiger partial charge in [0, 0.05) is 19.0 Å². The molecule has 0 radical (unpaired) electrons. The number of piperidine rings is 1. The minimum atomic E-state index is 0. The normalized spacial score (nSPS) is 26.2. The number of halogens is 1. The highest BCUT2D eigenvalue weighted by atomic mass is 35.5. The lowest BCUT2D eigenvalue weighted by Gasteiger charge is -2.34. The van der Waals surface area contributed by atoms with E-state index in [9.17, 15) is 4.79 Å². The van der Waals surface area contributed by atoms with E-state index in [1.807, 2.05) is 6.92 Å². The molecule has 0 aromatic heterocycles. The fourth-order valence-electron chi connectivity index (χ4n) is 2.03. The molecule has 0 saturated carbocycles. The lowest BCUT2D eigenvalue weighted by atomic mass is 9.82. The number of rotatable bonds is 4. The monoisotopic (exact) mass is 262 g/mol. The van der Waals surface area contributed by atoms with Crippen LogP contribution in [0.2, 0.25) is 0 Å². The van der Waals surface area contributed by atoms with Crippen molar-refractivity contribution in [2.45, 2.75) is 40.5 Å². The third-order valence-corrected chi connectivity index (χ3v) is 3.79. The highest BCUT2D eigenvalue weighted by Crippen LogP contribution is 2.24. The van der Waals surface area contributed by atoms with Crippen molar-refractivity contribution in [3.8, 4) is 0 Å². The molecule has 0 aliphatic carbocycles. The Balaban J connectivity index is 0.00000256. The van der Waals surface area contributed by atoms with E-state index >= 15 is 0 Å². The summed E-state index contributed by atoms with van der Waals surface area (Å²) in [6.07, 6.45) is 2.42. The molecule has 102 valence electrons. The summed E-state index contributed by atoms with van der Waals surface area (Å²) in [6, 6.07) is 0. The SMILES string of the molecule is CC(C)C(C)C(=O)NCC1(C)CCCNC1.Cl. The maximum Gasteiger partial charge on any atom is 0.223 e. The first-order chi connectivity index (χ1) is 7.44. The molecule has 0 bridgehead atoms. The van der Waals surface area contributed by atoms with Crippen molar-refractivity contribution < 1.29 is 4.79 Å². The minimum Gasteiger partial charge on any atom is -0.355 e. The highest BCUT2D eigenvalue weighted by Gasteiger charge is 2.28. The van der Waals surface area contributed by atoms with Crippen LogP contribution in [0, 0.1) is 17.3 Å². The van der Waals surface area contributed by atoms with E-state index < -0.39 is 0 Å². The summed E-state index contributed by atoms with van der Waals surface area (Å²) in [4.78, 5) is 11.8. The second-order valence-corrected chi connectivity index (χ2v) is 5.84. The van der Waals surface area contributed by atoms with E-state index in [1.54, 1.807) is 0 Å². The van der Waals surface area contributed by atoms with Gasteiger partial charge in [0.25, 0.3) is 0 Å². The Bertz CT molecular complexity index is 238. The van der Waals surface area contributed by atoms with Crippen LogP contribution in [0.4, 0.5) is 0 Å². The molecule has 1 amide bonds. The van der Waals surface area contributed by atoms with Crippen molar-refractivity contribution in [2.75, 3.05) is 19.6 Å². The predicted molar refractivity (Wildman–Crippen MR) is 74.5 cm³/mol. The Morgan fingerprint density at radius 3 is 2.53 bits per heavy atom. The quantitative estimate of drug-likeness (QED) is 0.816. The van der Waals surface area contributed by atoms with Gasteiger partial charge in [-0.05, 0) is 30.7 Å². The van der Waals surface area contributed by atoms with Gasteiger partial charge in [0.1, 0.15) is 0 Å². The molecule has 1 rings (SSSR count). The van der Waals surface area contributed by atoms with Gasteiger partial charge in [-0.3, -0.25) is 4.79 Å². The molecule has 1 aliphatic heterocycles. The Morgan fingerprint density at radius 2 is 2.06 bits per heavy atom. The minimum absolute atomic E-state index is 0. The molecule has 1 heterocycles. The summed E-state index contributed by atoms with van der Waals surface area (Å²) in [7, 11) is 0. The van der Waals surface area contributed by atoms with Crippen LogP contribution in [0.15, 0.2) is 0 Å². The molecule has 2 atom stereocenters. The van der Waals surface area contributed by atoms with Crippen LogP contribution < -0.4 is 10.6 Å². The fraction of sp³-hybridized carbons (Fsp3) is 0.923. The topological polar surface area (TPSA) is 41.1 Å². The number of nitrogens with one attached hydrogen (secondary N) is 2. The molecule has 0 aromatic rings. The smallest absolute Gasteiger partial charge is 0.223 e. The zero-order chi connectivity index (χ0) is 12.2. The van der Waals surface area contributed by atoms with Gasteiger partial charge in [-0.1, -0.05) is 27.7 Å². The third kappa shape index (κ3) is 5.26. The van der Waals surface area contributed by atoms with Crippen molar-refractivity contribution in [1.82, 2.24) is 10.6 Å². The molecule has 2 N–H and O–H groups in total. The zero-order valence-corrected chi connectivity index (χ0v) is 12.3. The number of carbonyl (C=O) groups is 1. The maximum absolute atomic E-state index is 11.8. The Hall–Kier alpha value is -0.280. The molecule has 2 unspecified atom stereocenters. The molecule has 0 aromatic carbocycles. The van der Waals surface area contributed by atoms with Crippen molar-refractivity contribution in [1.29, 1.82) is 0 Å². The van der Waals surface area contributed by atoms with Gasteiger partial charge in [0.05, 0.1) is 0 Å². The standard InChI is InChI=1S/C13H26N2O.ClH/c1-10(2)11(3)12(16)15-9-13(4)6-5-7-14-8-13;/h10-11,14H,5-9H2,1-4H3,(H,15,16);1H. The Kier molecular flexibility index (Phi) is 7.10.